The van der Waals surface area contributed by atoms with E-state index in [1.165, 1.54) is 0 Å². The monoisotopic (exact) mass is 258 g/mol. The number of nitrogen functional groups attached to an aromatic ring is 1. The summed E-state index contributed by atoms with van der Waals surface area (Å²) in [6.07, 6.45) is 0. The Morgan fingerprint density at radius 3 is 2.47 bits per heavy atom. The smallest absolute Gasteiger partial charge is 0.143 e. The molecule has 100 valence electrons. The number of rotatable bonds is 5. The molecular formula is C15H18N2O2. The number of anilines is 3. The Hall–Kier alpha value is -2.20. The van der Waals surface area contributed by atoms with E-state index in [2.05, 4.69) is 5.32 Å². The molecule has 0 bridgehead atoms. The molecule has 0 aromatic heterocycles. The fraction of sp³-hybridized carbons (Fsp3) is 0.200. The van der Waals surface area contributed by atoms with Crippen LogP contribution in [-0.2, 0) is 11.3 Å². The summed E-state index contributed by atoms with van der Waals surface area (Å²) in [5.74, 6) is 0.661. The second-order valence-electron chi connectivity index (χ2n) is 4.14. The summed E-state index contributed by atoms with van der Waals surface area (Å²) >= 11 is 0. The first kappa shape index (κ1) is 13.2. The lowest BCUT2D eigenvalue weighted by atomic mass is 10.1. The molecule has 3 N–H and O–H groups in total. The van der Waals surface area contributed by atoms with E-state index in [0.29, 0.717) is 18.0 Å². The van der Waals surface area contributed by atoms with Crippen LogP contribution in [-0.4, -0.2) is 14.2 Å². The van der Waals surface area contributed by atoms with Crippen LogP contribution < -0.4 is 15.8 Å². The Bertz CT molecular complexity index is 556. The van der Waals surface area contributed by atoms with E-state index in [0.717, 1.165) is 16.9 Å². The number of ether oxygens (including phenoxy) is 2. The number of benzene rings is 2. The summed E-state index contributed by atoms with van der Waals surface area (Å²) in [6, 6.07) is 13.6. The van der Waals surface area contributed by atoms with E-state index in [9.17, 15) is 0 Å². The van der Waals surface area contributed by atoms with Gasteiger partial charge in [0.2, 0.25) is 0 Å². The molecule has 4 heteroatoms. The highest BCUT2D eigenvalue weighted by atomic mass is 16.5. The van der Waals surface area contributed by atoms with Crippen molar-refractivity contribution in [3.8, 4) is 5.75 Å². The molecule has 0 aliphatic heterocycles. The Kier molecular flexibility index (Phi) is 4.26. The van der Waals surface area contributed by atoms with Gasteiger partial charge in [0, 0.05) is 18.4 Å². The third-order valence-corrected chi connectivity index (χ3v) is 2.87. The minimum absolute atomic E-state index is 0.549. The molecule has 0 radical (unpaired) electrons. The van der Waals surface area contributed by atoms with Gasteiger partial charge in [-0.25, -0.2) is 0 Å². The van der Waals surface area contributed by atoms with Gasteiger partial charge in [0.15, 0.2) is 0 Å². The van der Waals surface area contributed by atoms with Crippen LogP contribution in [0, 0.1) is 0 Å². The SMILES string of the molecule is COCc1ccccc1Nc1cccc(OC)c1N. The van der Waals surface area contributed by atoms with Gasteiger partial charge in [-0.2, -0.15) is 0 Å². The number of hydrogen-bond acceptors (Lipinski definition) is 4. The molecule has 4 nitrogen and oxygen atoms in total. The molecule has 0 aliphatic carbocycles. The highest BCUT2D eigenvalue weighted by molar-refractivity contribution is 5.78. The standard InChI is InChI=1S/C15H18N2O2/c1-18-10-11-6-3-4-7-12(11)17-13-8-5-9-14(19-2)15(13)16/h3-9,17H,10,16H2,1-2H3. The fourth-order valence-corrected chi connectivity index (χ4v) is 1.90. The van der Waals surface area contributed by atoms with E-state index in [1.54, 1.807) is 14.2 Å². The van der Waals surface area contributed by atoms with Gasteiger partial charge in [0.1, 0.15) is 5.75 Å². The molecule has 0 heterocycles. The number of methoxy groups -OCH3 is 2. The number of hydrogen-bond donors (Lipinski definition) is 2. The normalized spacial score (nSPS) is 10.2. The van der Waals surface area contributed by atoms with Crippen LogP contribution in [0.5, 0.6) is 5.75 Å². The van der Waals surface area contributed by atoms with Gasteiger partial charge in [-0.1, -0.05) is 24.3 Å². The van der Waals surface area contributed by atoms with Crippen LogP contribution in [0.2, 0.25) is 0 Å². The molecular weight excluding hydrogens is 240 g/mol. The van der Waals surface area contributed by atoms with Gasteiger partial charge in [-0.3, -0.25) is 0 Å². The van der Waals surface area contributed by atoms with E-state index >= 15 is 0 Å². The number of nitrogens with one attached hydrogen (secondary N) is 1. The van der Waals surface area contributed by atoms with Crippen LogP contribution in [0.1, 0.15) is 5.56 Å². The predicted octanol–water partition coefficient (Wildman–Crippen LogP) is 3.17. The zero-order valence-electron chi connectivity index (χ0n) is 11.1. The molecule has 0 aliphatic rings. The highest BCUT2D eigenvalue weighted by Gasteiger charge is 2.07. The molecule has 0 fully saturated rings. The zero-order valence-corrected chi connectivity index (χ0v) is 11.1. The van der Waals surface area contributed by atoms with Crippen molar-refractivity contribution >= 4 is 17.1 Å². The molecule has 0 saturated carbocycles. The summed E-state index contributed by atoms with van der Waals surface area (Å²) < 4.78 is 10.4. The molecule has 0 amide bonds. The van der Waals surface area contributed by atoms with Crippen LogP contribution in [0.4, 0.5) is 17.1 Å². The summed E-state index contributed by atoms with van der Waals surface area (Å²) in [7, 11) is 3.28. The summed E-state index contributed by atoms with van der Waals surface area (Å²) in [5.41, 5.74) is 9.52. The third kappa shape index (κ3) is 2.98. The third-order valence-electron chi connectivity index (χ3n) is 2.87. The first-order valence-electron chi connectivity index (χ1n) is 6.02. The maximum atomic E-state index is 6.05. The summed E-state index contributed by atoms with van der Waals surface area (Å²) in [5, 5.41) is 3.32. The second kappa shape index (κ2) is 6.11. The van der Waals surface area contributed by atoms with Crippen molar-refractivity contribution in [2.24, 2.45) is 0 Å². The van der Waals surface area contributed by atoms with Crippen molar-refractivity contribution in [3.63, 3.8) is 0 Å². The van der Waals surface area contributed by atoms with E-state index < -0.39 is 0 Å². The van der Waals surface area contributed by atoms with Crippen molar-refractivity contribution in [1.29, 1.82) is 0 Å². The molecule has 0 unspecified atom stereocenters. The van der Waals surface area contributed by atoms with Gasteiger partial charge < -0.3 is 20.5 Å². The maximum absolute atomic E-state index is 6.05. The van der Waals surface area contributed by atoms with E-state index in [4.69, 9.17) is 15.2 Å². The Morgan fingerprint density at radius 1 is 1.00 bits per heavy atom. The lowest BCUT2D eigenvalue weighted by Gasteiger charge is -2.14. The Balaban J connectivity index is 2.31. The van der Waals surface area contributed by atoms with Crippen LogP contribution in [0.25, 0.3) is 0 Å². The fourth-order valence-electron chi connectivity index (χ4n) is 1.90. The molecule has 2 aromatic carbocycles. The first-order valence-corrected chi connectivity index (χ1v) is 6.02. The first-order chi connectivity index (χ1) is 9.26. The van der Waals surface area contributed by atoms with Gasteiger partial charge in [0.25, 0.3) is 0 Å². The van der Waals surface area contributed by atoms with Crippen molar-refractivity contribution in [1.82, 2.24) is 0 Å². The van der Waals surface area contributed by atoms with Crippen LogP contribution in [0.3, 0.4) is 0 Å². The van der Waals surface area contributed by atoms with Crippen LogP contribution in [0.15, 0.2) is 42.5 Å². The summed E-state index contributed by atoms with van der Waals surface area (Å²) in [4.78, 5) is 0. The minimum atomic E-state index is 0.549. The maximum Gasteiger partial charge on any atom is 0.143 e. The second-order valence-corrected chi connectivity index (χ2v) is 4.14. The molecule has 2 rings (SSSR count). The van der Waals surface area contributed by atoms with Crippen molar-refractivity contribution in [2.45, 2.75) is 6.61 Å². The average molecular weight is 258 g/mol. The van der Waals surface area contributed by atoms with Crippen molar-refractivity contribution in [2.75, 3.05) is 25.3 Å². The Morgan fingerprint density at radius 2 is 1.74 bits per heavy atom. The average Bonchev–Trinajstić information content (AvgIpc) is 2.43. The largest absolute Gasteiger partial charge is 0.495 e. The number of nitrogens with two attached hydrogens (primary N) is 1. The van der Waals surface area contributed by atoms with Gasteiger partial charge >= 0.3 is 0 Å². The zero-order chi connectivity index (χ0) is 13.7. The minimum Gasteiger partial charge on any atom is -0.495 e. The predicted molar refractivity (Wildman–Crippen MR) is 77.8 cm³/mol. The van der Waals surface area contributed by atoms with Gasteiger partial charge in [-0.15, -0.1) is 0 Å². The lowest BCUT2D eigenvalue weighted by Crippen LogP contribution is -2.01. The lowest BCUT2D eigenvalue weighted by molar-refractivity contribution is 0.185. The topological polar surface area (TPSA) is 56.5 Å². The number of para-hydroxylation sites is 2. The molecule has 2 aromatic rings. The van der Waals surface area contributed by atoms with E-state index in [-0.39, 0.29) is 0 Å². The van der Waals surface area contributed by atoms with Crippen molar-refractivity contribution < 1.29 is 9.47 Å². The molecule has 0 spiro atoms. The van der Waals surface area contributed by atoms with Gasteiger partial charge in [-0.05, 0) is 18.2 Å². The van der Waals surface area contributed by atoms with Gasteiger partial charge in [0.05, 0.1) is 25.1 Å². The quantitative estimate of drug-likeness (QED) is 0.809. The summed E-state index contributed by atoms with van der Waals surface area (Å²) in [6.45, 7) is 0.549. The highest BCUT2D eigenvalue weighted by Crippen LogP contribution is 2.32. The molecule has 19 heavy (non-hydrogen) atoms. The Labute approximate surface area is 113 Å². The van der Waals surface area contributed by atoms with Crippen LogP contribution >= 0.6 is 0 Å². The molecule has 0 saturated heterocycles. The van der Waals surface area contributed by atoms with Crippen molar-refractivity contribution in [3.05, 3.63) is 48.0 Å². The molecule has 0 atom stereocenters. The van der Waals surface area contributed by atoms with E-state index in [1.807, 2.05) is 42.5 Å².